The number of amides is 1. The van der Waals surface area contributed by atoms with E-state index in [0.717, 1.165) is 12.1 Å². The zero-order valence-corrected chi connectivity index (χ0v) is 14.7. The van der Waals surface area contributed by atoms with Crippen LogP contribution in [0.3, 0.4) is 0 Å². The number of alkyl halides is 3. The monoisotopic (exact) mass is 387 g/mol. The first-order valence-corrected chi connectivity index (χ1v) is 7.34. The first kappa shape index (κ1) is 19.2. The van der Waals surface area contributed by atoms with Crippen LogP contribution in [0.4, 0.5) is 18.9 Å². The number of anilines is 1. The molecule has 0 N–H and O–H groups in total. The van der Waals surface area contributed by atoms with Crippen LogP contribution in [0, 0.1) is 12.3 Å². The quantitative estimate of drug-likeness (QED) is 0.697. The number of halogens is 4. The molecule has 1 aliphatic heterocycles. The number of aromatic nitrogens is 2. The molecule has 25 heavy (non-hydrogen) atoms. The first-order valence-electron chi connectivity index (χ1n) is 6.96. The smallest absolute Gasteiger partial charge is 0.305 e. The van der Waals surface area contributed by atoms with Crippen molar-refractivity contribution in [2.75, 3.05) is 11.4 Å². The summed E-state index contributed by atoms with van der Waals surface area (Å²) in [4.78, 5) is 14.1. The fraction of sp³-hybridized carbons (Fsp3) is 0.250. The van der Waals surface area contributed by atoms with Crippen molar-refractivity contribution >= 4 is 36.7 Å². The fourth-order valence-electron chi connectivity index (χ4n) is 2.69. The second kappa shape index (κ2) is 6.65. The average Bonchev–Trinajstić information content (AvgIpc) is 2.94. The van der Waals surface area contributed by atoms with Crippen molar-refractivity contribution < 1.29 is 18.0 Å². The Morgan fingerprint density at radius 1 is 1.40 bits per heavy atom. The average molecular weight is 388 g/mol. The third-order valence-corrected chi connectivity index (χ3v) is 4.15. The van der Waals surface area contributed by atoms with Gasteiger partial charge in [-0.25, -0.2) is 0 Å². The van der Waals surface area contributed by atoms with Crippen molar-refractivity contribution in [3.05, 3.63) is 46.2 Å². The van der Waals surface area contributed by atoms with E-state index in [-0.39, 0.29) is 37.5 Å². The summed E-state index contributed by atoms with van der Waals surface area (Å²) in [5, 5.41) is 3.64. The van der Waals surface area contributed by atoms with Gasteiger partial charge in [-0.3, -0.25) is 9.48 Å². The SMILES string of the molecule is C#Cc1cnn2c1C(=O)N(c1ccc(C(F)(F)F)c(Cl)c1)C[C@@H]2C.S. The molecule has 4 nitrogen and oxygen atoms in total. The van der Waals surface area contributed by atoms with Crippen LogP contribution in [0.5, 0.6) is 0 Å². The molecule has 0 saturated heterocycles. The number of hydrogen-bond acceptors (Lipinski definition) is 2. The lowest BCUT2D eigenvalue weighted by molar-refractivity contribution is -0.137. The maximum Gasteiger partial charge on any atom is 0.417 e. The predicted octanol–water partition coefficient (Wildman–Crippen LogP) is 3.87. The van der Waals surface area contributed by atoms with E-state index in [1.165, 1.54) is 21.8 Å². The van der Waals surface area contributed by atoms with Gasteiger partial charge < -0.3 is 4.90 Å². The van der Waals surface area contributed by atoms with Crippen LogP contribution >= 0.6 is 25.1 Å². The standard InChI is InChI=1S/C16H11ClF3N3O.H2S/c1-3-10-7-21-23-9(2)8-22(15(24)14(10)23)11-4-5-12(13(17)6-11)16(18,19)20;/h1,4-7,9H,8H2,2H3;1H2/t9-;/m0./s1. The summed E-state index contributed by atoms with van der Waals surface area (Å²) in [6.45, 7) is 2.08. The van der Waals surface area contributed by atoms with Gasteiger partial charge in [0.25, 0.3) is 5.91 Å². The second-order valence-corrected chi connectivity index (χ2v) is 5.83. The summed E-state index contributed by atoms with van der Waals surface area (Å²) in [6.07, 6.45) is 2.25. The molecule has 0 bridgehead atoms. The summed E-state index contributed by atoms with van der Waals surface area (Å²) in [7, 11) is 0. The Morgan fingerprint density at radius 2 is 2.08 bits per heavy atom. The van der Waals surface area contributed by atoms with Crippen LogP contribution in [-0.4, -0.2) is 22.2 Å². The zero-order valence-electron chi connectivity index (χ0n) is 12.9. The molecule has 0 aliphatic carbocycles. The summed E-state index contributed by atoms with van der Waals surface area (Å²) in [5.74, 6) is 1.97. The summed E-state index contributed by atoms with van der Waals surface area (Å²) < 4.78 is 40.0. The van der Waals surface area contributed by atoms with E-state index in [0.29, 0.717) is 5.56 Å². The van der Waals surface area contributed by atoms with Crippen LogP contribution in [0.15, 0.2) is 24.4 Å². The number of nitrogens with zero attached hydrogens (tertiary/aromatic N) is 3. The molecule has 0 spiro atoms. The molecule has 0 radical (unpaired) electrons. The Balaban J connectivity index is 0.00000225. The van der Waals surface area contributed by atoms with Crippen molar-refractivity contribution in [2.24, 2.45) is 0 Å². The van der Waals surface area contributed by atoms with Crippen molar-refractivity contribution in [1.82, 2.24) is 9.78 Å². The van der Waals surface area contributed by atoms with Gasteiger partial charge in [0.15, 0.2) is 0 Å². The summed E-state index contributed by atoms with van der Waals surface area (Å²) >= 11 is 5.75. The molecule has 1 aromatic carbocycles. The maximum atomic E-state index is 12.8. The maximum absolute atomic E-state index is 12.8. The number of fused-ring (bicyclic) bond motifs is 1. The van der Waals surface area contributed by atoms with E-state index < -0.39 is 22.7 Å². The topological polar surface area (TPSA) is 38.1 Å². The minimum atomic E-state index is -4.55. The summed E-state index contributed by atoms with van der Waals surface area (Å²) in [6, 6.07) is 3.04. The van der Waals surface area contributed by atoms with Crippen molar-refractivity contribution in [3.63, 3.8) is 0 Å². The van der Waals surface area contributed by atoms with E-state index in [9.17, 15) is 18.0 Å². The van der Waals surface area contributed by atoms with Crippen LogP contribution in [-0.2, 0) is 6.18 Å². The molecule has 1 aromatic heterocycles. The minimum Gasteiger partial charge on any atom is -0.305 e. The van der Waals surface area contributed by atoms with E-state index >= 15 is 0 Å². The highest BCUT2D eigenvalue weighted by molar-refractivity contribution is 7.59. The molecular weight excluding hydrogens is 375 g/mol. The number of benzene rings is 1. The molecule has 0 saturated carbocycles. The largest absolute Gasteiger partial charge is 0.417 e. The lowest BCUT2D eigenvalue weighted by atomic mass is 10.1. The lowest BCUT2D eigenvalue weighted by Gasteiger charge is -2.32. The van der Waals surface area contributed by atoms with Gasteiger partial charge in [0.1, 0.15) is 5.69 Å². The van der Waals surface area contributed by atoms with Gasteiger partial charge in [0.2, 0.25) is 0 Å². The predicted molar refractivity (Wildman–Crippen MR) is 93.4 cm³/mol. The molecular formula is C16H13ClF3N3OS. The minimum absolute atomic E-state index is 0. The summed E-state index contributed by atoms with van der Waals surface area (Å²) in [5.41, 5.74) is -0.0816. The van der Waals surface area contributed by atoms with Gasteiger partial charge in [-0.05, 0) is 25.1 Å². The fourth-order valence-corrected chi connectivity index (χ4v) is 2.97. The normalized spacial score (nSPS) is 16.9. The van der Waals surface area contributed by atoms with E-state index in [2.05, 4.69) is 11.0 Å². The van der Waals surface area contributed by atoms with Crippen LogP contribution < -0.4 is 4.90 Å². The second-order valence-electron chi connectivity index (χ2n) is 5.42. The van der Waals surface area contributed by atoms with Gasteiger partial charge in [-0.15, -0.1) is 6.42 Å². The molecule has 2 heterocycles. The number of rotatable bonds is 1. The number of terminal acetylenes is 1. The van der Waals surface area contributed by atoms with Gasteiger partial charge in [0.05, 0.1) is 28.4 Å². The van der Waals surface area contributed by atoms with Crippen LogP contribution in [0.25, 0.3) is 0 Å². The van der Waals surface area contributed by atoms with Crippen molar-refractivity contribution in [2.45, 2.75) is 19.1 Å². The van der Waals surface area contributed by atoms with Crippen molar-refractivity contribution in [1.29, 1.82) is 0 Å². The van der Waals surface area contributed by atoms with Gasteiger partial charge in [-0.2, -0.15) is 31.8 Å². The number of hydrogen-bond donors (Lipinski definition) is 0. The third kappa shape index (κ3) is 3.22. The Labute approximate surface area is 154 Å². The Hall–Kier alpha value is -2.11. The van der Waals surface area contributed by atoms with Gasteiger partial charge in [0, 0.05) is 12.2 Å². The molecule has 2 aromatic rings. The molecule has 1 amide bonds. The molecule has 3 rings (SSSR count). The van der Waals surface area contributed by atoms with E-state index in [1.54, 1.807) is 0 Å². The van der Waals surface area contributed by atoms with Gasteiger partial charge >= 0.3 is 6.18 Å². The lowest BCUT2D eigenvalue weighted by Crippen LogP contribution is -2.43. The Morgan fingerprint density at radius 3 is 2.64 bits per heavy atom. The molecule has 9 heteroatoms. The highest BCUT2D eigenvalue weighted by Crippen LogP contribution is 2.37. The highest BCUT2D eigenvalue weighted by Gasteiger charge is 2.36. The van der Waals surface area contributed by atoms with E-state index in [4.69, 9.17) is 18.0 Å². The highest BCUT2D eigenvalue weighted by atomic mass is 35.5. The molecule has 132 valence electrons. The molecule has 0 unspecified atom stereocenters. The van der Waals surface area contributed by atoms with Crippen LogP contribution in [0.2, 0.25) is 5.02 Å². The van der Waals surface area contributed by atoms with Crippen molar-refractivity contribution in [3.8, 4) is 12.3 Å². The Kier molecular flexibility index (Phi) is 5.11. The zero-order chi connectivity index (χ0) is 17.6. The van der Waals surface area contributed by atoms with E-state index in [1.807, 2.05) is 6.92 Å². The van der Waals surface area contributed by atoms with Gasteiger partial charge in [-0.1, -0.05) is 17.5 Å². The van der Waals surface area contributed by atoms with Crippen LogP contribution in [0.1, 0.15) is 34.6 Å². The first-order chi connectivity index (χ1) is 11.2. The third-order valence-electron chi connectivity index (χ3n) is 3.83. The molecule has 1 aliphatic rings. The molecule has 0 fully saturated rings. The molecule has 1 atom stereocenters. The Bertz CT molecular complexity index is 872. The number of carbonyl (C=O) groups is 1. The number of carbonyl (C=O) groups excluding carboxylic acids is 1.